The molecule has 1 saturated heterocycles. The number of benzene rings is 1. The maximum absolute atomic E-state index is 13.3. The molecule has 120 valence electrons. The third-order valence-electron chi connectivity index (χ3n) is 4.90. The number of rotatable bonds is 4. The average molecular weight is 308 g/mol. The Bertz CT molecular complexity index is 556. The molecule has 2 aliphatic rings. The number of nitrogens with zero attached hydrogens (tertiary/aromatic N) is 1. The van der Waals surface area contributed by atoms with Crippen molar-refractivity contribution >= 4 is 5.91 Å². The summed E-state index contributed by atoms with van der Waals surface area (Å²) in [5, 5.41) is 3.19. The molecule has 1 amide bonds. The molecule has 0 spiro atoms. The number of nitrogens with one attached hydrogen (secondary N) is 1. The first kappa shape index (κ1) is 15.4. The zero-order valence-corrected chi connectivity index (χ0v) is 12.8. The third kappa shape index (κ3) is 3.14. The molecule has 2 fully saturated rings. The van der Waals surface area contributed by atoms with Crippen LogP contribution in [-0.4, -0.2) is 37.5 Å². The van der Waals surface area contributed by atoms with Crippen molar-refractivity contribution in [2.24, 2.45) is 11.8 Å². The monoisotopic (exact) mass is 308 g/mol. The van der Waals surface area contributed by atoms with Gasteiger partial charge in [0.1, 0.15) is 0 Å². The maximum atomic E-state index is 13.3. The maximum Gasteiger partial charge on any atom is 0.226 e. The van der Waals surface area contributed by atoms with E-state index in [9.17, 15) is 13.6 Å². The van der Waals surface area contributed by atoms with E-state index in [4.69, 9.17) is 0 Å². The Hall–Kier alpha value is -1.49. The van der Waals surface area contributed by atoms with Gasteiger partial charge in [-0.15, -0.1) is 0 Å². The van der Waals surface area contributed by atoms with Crippen LogP contribution in [0.25, 0.3) is 0 Å². The Morgan fingerprint density at radius 2 is 2.00 bits per heavy atom. The summed E-state index contributed by atoms with van der Waals surface area (Å²) in [6.07, 6.45) is 2.82. The number of likely N-dealkylation sites (tertiary alicyclic amines) is 1. The minimum absolute atomic E-state index is 0.0503. The van der Waals surface area contributed by atoms with E-state index >= 15 is 0 Å². The van der Waals surface area contributed by atoms with Crippen molar-refractivity contribution in [3.05, 3.63) is 35.4 Å². The Kier molecular flexibility index (Phi) is 4.43. The van der Waals surface area contributed by atoms with Crippen LogP contribution in [0.3, 0.4) is 0 Å². The highest BCUT2D eigenvalue weighted by Crippen LogP contribution is 2.49. The zero-order chi connectivity index (χ0) is 15.7. The minimum Gasteiger partial charge on any atom is -0.342 e. The fraction of sp³-hybridized carbons (Fsp3) is 0.588. The number of carbonyl (C=O) groups excluding carboxylic acids is 1. The van der Waals surface area contributed by atoms with Crippen LogP contribution in [0.5, 0.6) is 0 Å². The van der Waals surface area contributed by atoms with Crippen molar-refractivity contribution < 1.29 is 13.6 Å². The van der Waals surface area contributed by atoms with E-state index in [-0.39, 0.29) is 17.7 Å². The molecule has 3 rings (SSSR count). The summed E-state index contributed by atoms with van der Waals surface area (Å²) < 4.78 is 26.3. The topological polar surface area (TPSA) is 32.3 Å². The molecule has 0 bridgehead atoms. The summed E-state index contributed by atoms with van der Waals surface area (Å²) in [5.41, 5.74) is 0.738. The van der Waals surface area contributed by atoms with Gasteiger partial charge < -0.3 is 10.2 Å². The van der Waals surface area contributed by atoms with E-state index in [1.54, 1.807) is 6.07 Å². The zero-order valence-electron chi connectivity index (χ0n) is 12.8. The van der Waals surface area contributed by atoms with Crippen LogP contribution >= 0.6 is 0 Å². The number of piperidine rings is 1. The predicted octanol–water partition coefficient (Wildman–Crippen LogP) is 2.53. The lowest BCUT2D eigenvalue weighted by Crippen LogP contribution is -2.41. The van der Waals surface area contributed by atoms with Gasteiger partial charge >= 0.3 is 0 Å². The first-order chi connectivity index (χ1) is 10.6. The van der Waals surface area contributed by atoms with Crippen molar-refractivity contribution in [1.82, 2.24) is 10.2 Å². The van der Waals surface area contributed by atoms with Gasteiger partial charge in [-0.25, -0.2) is 8.78 Å². The molecule has 5 heteroatoms. The second kappa shape index (κ2) is 6.32. The first-order valence-electron chi connectivity index (χ1n) is 7.98. The highest BCUT2D eigenvalue weighted by Gasteiger charge is 2.46. The van der Waals surface area contributed by atoms with E-state index in [2.05, 4.69) is 5.32 Å². The Morgan fingerprint density at radius 3 is 2.64 bits per heavy atom. The van der Waals surface area contributed by atoms with Crippen molar-refractivity contribution in [1.29, 1.82) is 0 Å². The van der Waals surface area contributed by atoms with Crippen LogP contribution in [0.2, 0.25) is 0 Å². The van der Waals surface area contributed by atoms with Crippen molar-refractivity contribution in [3.8, 4) is 0 Å². The standard InChI is InChI=1S/C17H22F2N2O/c1-20-10-11-4-6-21(7-5-11)17(22)14-9-13(14)12-2-3-15(18)16(19)8-12/h2-3,8,11,13-14,20H,4-7,9-10H2,1H3. The van der Waals surface area contributed by atoms with Crippen LogP contribution < -0.4 is 5.32 Å². The molecule has 22 heavy (non-hydrogen) atoms. The molecular weight excluding hydrogens is 286 g/mol. The van der Waals surface area contributed by atoms with Crippen molar-refractivity contribution in [2.75, 3.05) is 26.7 Å². The Balaban J connectivity index is 1.56. The molecule has 2 unspecified atom stereocenters. The van der Waals surface area contributed by atoms with E-state index in [0.29, 0.717) is 5.92 Å². The lowest BCUT2D eigenvalue weighted by molar-refractivity contribution is -0.134. The molecular formula is C17H22F2N2O. The van der Waals surface area contributed by atoms with Crippen LogP contribution in [0.4, 0.5) is 8.78 Å². The largest absolute Gasteiger partial charge is 0.342 e. The number of carbonyl (C=O) groups is 1. The Labute approximate surface area is 129 Å². The molecule has 1 aliphatic carbocycles. The summed E-state index contributed by atoms with van der Waals surface area (Å²) in [6.45, 7) is 2.63. The second-order valence-electron chi connectivity index (χ2n) is 6.45. The fourth-order valence-corrected chi connectivity index (χ4v) is 3.46. The molecule has 1 heterocycles. The fourth-order valence-electron chi connectivity index (χ4n) is 3.46. The molecule has 2 atom stereocenters. The summed E-state index contributed by atoms with van der Waals surface area (Å²) in [6, 6.07) is 3.97. The number of halogens is 2. The van der Waals surface area contributed by atoms with Gasteiger partial charge in [-0.3, -0.25) is 4.79 Å². The Morgan fingerprint density at radius 1 is 1.27 bits per heavy atom. The van der Waals surface area contributed by atoms with Crippen LogP contribution in [-0.2, 0) is 4.79 Å². The molecule has 1 aromatic rings. The third-order valence-corrected chi connectivity index (χ3v) is 4.90. The molecule has 0 aromatic heterocycles. The number of hydrogen-bond donors (Lipinski definition) is 1. The van der Waals surface area contributed by atoms with Crippen LogP contribution in [0.15, 0.2) is 18.2 Å². The molecule has 0 radical (unpaired) electrons. The highest BCUT2D eigenvalue weighted by atomic mass is 19.2. The molecule has 1 N–H and O–H groups in total. The van der Waals surface area contributed by atoms with E-state index < -0.39 is 11.6 Å². The van der Waals surface area contributed by atoms with Gasteiger partial charge in [-0.05, 0) is 62.4 Å². The quantitative estimate of drug-likeness (QED) is 0.927. The molecule has 3 nitrogen and oxygen atoms in total. The smallest absolute Gasteiger partial charge is 0.226 e. The first-order valence-corrected chi connectivity index (χ1v) is 7.98. The van der Waals surface area contributed by atoms with E-state index in [1.807, 2.05) is 11.9 Å². The lowest BCUT2D eigenvalue weighted by atomic mass is 9.96. The molecule has 1 aliphatic heterocycles. The molecule has 1 saturated carbocycles. The van der Waals surface area contributed by atoms with Gasteiger partial charge in [0.05, 0.1) is 0 Å². The normalized spacial score (nSPS) is 25.3. The van der Waals surface area contributed by atoms with Gasteiger partial charge in [-0.2, -0.15) is 0 Å². The predicted molar refractivity (Wildman–Crippen MR) is 80.4 cm³/mol. The van der Waals surface area contributed by atoms with E-state index in [0.717, 1.165) is 50.5 Å². The lowest BCUT2D eigenvalue weighted by Gasteiger charge is -2.32. The van der Waals surface area contributed by atoms with Gasteiger partial charge in [0, 0.05) is 19.0 Å². The highest BCUT2D eigenvalue weighted by molar-refractivity contribution is 5.83. The SMILES string of the molecule is CNCC1CCN(C(=O)C2CC2c2ccc(F)c(F)c2)CC1. The average Bonchev–Trinajstić information content (AvgIpc) is 3.31. The van der Waals surface area contributed by atoms with Gasteiger partial charge in [0.15, 0.2) is 11.6 Å². The van der Waals surface area contributed by atoms with E-state index in [1.165, 1.54) is 6.07 Å². The van der Waals surface area contributed by atoms with Gasteiger partial charge in [0.2, 0.25) is 5.91 Å². The van der Waals surface area contributed by atoms with Gasteiger partial charge in [0.25, 0.3) is 0 Å². The van der Waals surface area contributed by atoms with Crippen molar-refractivity contribution in [3.63, 3.8) is 0 Å². The minimum atomic E-state index is -0.834. The second-order valence-corrected chi connectivity index (χ2v) is 6.45. The summed E-state index contributed by atoms with van der Waals surface area (Å²) in [4.78, 5) is 14.4. The van der Waals surface area contributed by atoms with Crippen LogP contribution in [0, 0.1) is 23.5 Å². The molecule has 1 aromatic carbocycles. The summed E-state index contributed by atoms with van der Waals surface area (Å²) >= 11 is 0. The van der Waals surface area contributed by atoms with Crippen LogP contribution in [0.1, 0.15) is 30.7 Å². The summed E-state index contributed by atoms with van der Waals surface area (Å²) in [7, 11) is 1.95. The number of hydrogen-bond acceptors (Lipinski definition) is 2. The summed E-state index contributed by atoms with van der Waals surface area (Å²) in [5.74, 6) is -0.835. The number of amides is 1. The van der Waals surface area contributed by atoms with Gasteiger partial charge in [-0.1, -0.05) is 6.07 Å². The van der Waals surface area contributed by atoms with Crippen molar-refractivity contribution in [2.45, 2.75) is 25.2 Å².